The monoisotopic (exact) mass is 265 g/mol. The van der Waals surface area contributed by atoms with Crippen LogP contribution >= 0.6 is 0 Å². The first kappa shape index (κ1) is 14.2. The van der Waals surface area contributed by atoms with Gasteiger partial charge in [-0.15, -0.1) is 0 Å². The number of hydrogen-bond acceptors (Lipinski definition) is 5. The molecule has 2 atom stereocenters. The van der Waals surface area contributed by atoms with Crippen LogP contribution in [0, 0.1) is 0 Å². The molecule has 0 radical (unpaired) electrons. The lowest BCUT2D eigenvalue weighted by Gasteiger charge is -2.22. The van der Waals surface area contributed by atoms with Crippen molar-refractivity contribution < 1.29 is 17.9 Å². The number of methoxy groups -OCH3 is 1. The summed E-state index contributed by atoms with van der Waals surface area (Å²) in [5, 5.41) is 0. The third-order valence-electron chi connectivity index (χ3n) is 2.78. The Hall–Kier alpha value is -0.860. The molecule has 1 rings (SSSR count). The number of ether oxygens (including phenoxy) is 1. The summed E-state index contributed by atoms with van der Waals surface area (Å²) in [6.07, 6.45) is 3.44. The molecule has 1 amide bonds. The van der Waals surface area contributed by atoms with Gasteiger partial charge in [0, 0.05) is 12.1 Å². The Morgan fingerprint density at radius 3 is 2.59 bits per heavy atom. The average molecular weight is 265 g/mol. The molecule has 4 N–H and O–H groups in total. The first-order chi connectivity index (χ1) is 7.94. The van der Waals surface area contributed by atoms with Gasteiger partial charge in [-0.3, -0.25) is 0 Å². The van der Waals surface area contributed by atoms with Crippen molar-refractivity contribution in [3.63, 3.8) is 0 Å². The van der Waals surface area contributed by atoms with Gasteiger partial charge in [0.1, 0.15) is 0 Å². The van der Waals surface area contributed by atoms with E-state index in [1.165, 1.54) is 0 Å². The van der Waals surface area contributed by atoms with E-state index in [1.807, 2.05) is 0 Å². The number of carbonyl (C=O) groups excluding carboxylic acids is 1. The molecule has 1 aliphatic carbocycles. The summed E-state index contributed by atoms with van der Waals surface area (Å²) in [5.74, 6) is 0. The van der Waals surface area contributed by atoms with Crippen LogP contribution in [0.2, 0.25) is 0 Å². The van der Waals surface area contributed by atoms with Crippen LogP contribution in [0.3, 0.4) is 0 Å². The van der Waals surface area contributed by atoms with E-state index in [0.29, 0.717) is 6.42 Å². The maximum atomic E-state index is 11.5. The van der Waals surface area contributed by atoms with E-state index in [0.717, 1.165) is 32.8 Å². The maximum Gasteiger partial charge on any atom is 0.421 e. The zero-order chi connectivity index (χ0) is 12.9. The molecule has 0 spiro atoms. The normalized spacial score (nSPS) is 26.0. The Kier molecular flexibility index (Phi) is 5.16. The van der Waals surface area contributed by atoms with Gasteiger partial charge in [-0.1, -0.05) is 19.3 Å². The van der Waals surface area contributed by atoms with E-state index in [9.17, 15) is 13.2 Å². The molecule has 0 bridgehead atoms. The minimum absolute atomic E-state index is 0.216. The molecule has 0 aromatic rings. The van der Waals surface area contributed by atoms with Crippen molar-refractivity contribution in [2.75, 3.05) is 7.11 Å². The second kappa shape index (κ2) is 6.18. The third kappa shape index (κ3) is 4.88. The van der Waals surface area contributed by atoms with Crippen molar-refractivity contribution in [3.8, 4) is 0 Å². The minimum Gasteiger partial charge on any atom is -0.452 e. The molecule has 2 unspecified atom stereocenters. The Morgan fingerprint density at radius 2 is 1.94 bits per heavy atom. The maximum absolute atomic E-state index is 11.5. The summed E-state index contributed by atoms with van der Waals surface area (Å²) in [4.78, 5) is 10.8. The highest BCUT2D eigenvalue weighted by molar-refractivity contribution is 7.88. The molecule has 0 heterocycles. The number of nitrogens with two attached hydrogens (primary N) is 1. The molecular formula is C9H19N3O4S. The van der Waals surface area contributed by atoms with Crippen LogP contribution in [0.15, 0.2) is 0 Å². The molecular weight excluding hydrogens is 246 g/mol. The number of nitrogens with one attached hydrogen (secondary N) is 2. The van der Waals surface area contributed by atoms with E-state index in [4.69, 9.17) is 5.73 Å². The van der Waals surface area contributed by atoms with Crippen molar-refractivity contribution in [3.05, 3.63) is 0 Å². The molecule has 17 heavy (non-hydrogen) atoms. The molecule has 7 nitrogen and oxygen atoms in total. The number of hydrogen-bond donors (Lipinski definition) is 3. The van der Waals surface area contributed by atoms with Crippen molar-refractivity contribution >= 4 is 16.3 Å². The van der Waals surface area contributed by atoms with Crippen molar-refractivity contribution in [1.29, 1.82) is 0 Å². The second-order valence-electron chi connectivity index (χ2n) is 4.12. The summed E-state index contributed by atoms with van der Waals surface area (Å²) in [6, 6.07) is -0.550. The molecule has 1 fully saturated rings. The van der Waals surface area contributed by atoms with Crippen LogP contribution in [0.25, 0.3) is 0 Å². The predicted octanol–water partition coefficient (Wildman–Crippen LogP) is -0.163. The van der Waals surface area contributed by atoms with Crippen LogP contribution < -0.4 is 15.2 Å². The van der Waals surface area contributed by atoms with Gasteiger partial charge in [-0.2, -0.15) is 13.1 Å². The summed E-state index contributed by atoms with van der Waals surface area (Å²) in [6.45, 7) is 0. The first-order valence-corrected chi connectivity index (χ1v) is 7.06. The lowest BCUT2D eigenvalue weighted by Crippen LogP contribution is -2.51. The number of carbonyl (C=O) groups is 1. The molecule has 1 saturated carbocycles. The van der Waals surface area contributed by atoms with E-state index < -0.39 is 16.3 Å². The molecule has 0 aromatic carbocycles. The highest BCUT2D eigenvalue weighted by atomic mass is 32.2. The molecule has 0 saturated heterocycles. The second-order valence-corrected chi connectivity index (χ2v) is 5.57. The Balaban J connectivity index is 2.58. The van der Waals surface area contributed by atoms with Crippen LogP contribution in [-0.2, 0) is 14.9 Å². The topological polar surface area (TPSA) is 111 Å². The highest BCUT2D eigenvalue weighted by Crippen LogP contribution is 2.17. The third-order valence-corrected chi connectivity index (χ3v) is 3.83. The Bertz CT molecular complexity index is 357. The average Bonchev–Trinajstić information content (AvgIpc) is 2.43. The van der Waals surface area contributed by atoms with Crippen molar-refractivity contribution in [2.45, 2.75) is 44.2 Å². The zero-order valence-electron chi connectivity index (χ0n) is 9.81. The molecule has 100 valence electrons. The summed E-state index contributed by atoms with van der Waals surface area (Å²) < 4.78 is 31.4. The lowest BCUT2D eigenvalue weighted by atomic mass is 10.1. The summed E-state index contributed by atoms with van der Waals surface area (Å²) in [7, 11) is -2.80. The molecule has 0 aromatic heterocycles. The zero-order valence-corrected chi connectivity index (χ0v) is 10.6. The van der Waals surface area contributed by atoms with Crippen LogP contribution in [0.1, 0.15) is 32.1 Å². The van der Waals surface area contributed by atoms with Gasteiger partial charge in [0.25, 0.3) is 0 Å². The fourth-order valence-electron chi connectivity index (χ4n) is 1.86. The van der Waals surface area contributed by atoms with Gasteiger partial charge in [0.15, 0.2) is 0 Å². The van der Waals surface area contributed by atoms with E-state index >= 15 is 0 Å². The first-order valence-electron chi connectivity index (χ1n) is 5.58. The molecule has 1 aliphatic rings. The van der Waals surface area contributed by atoms with Gasteiger partial charge < -0.3 is 10.5 Å². The van der Waals surface area contributed by atoms with E-state index in [1.54, 1.807) is 4.72 Å². The Labute approximate surface area is 101 Å². The predicted molar refractivity (Wildman–Crippen MR) is 62.4 cm³/mol. The van der Waals surface area contributed by atoms with E-state index in [2.05, 4.69) is 9.46 Å². The fraction of sp³-hybridized carbons (Fsp3) is 0.889. The van der Waals surface area contributed by atoms with Crippen LogP contribution in [0.5, 0.6) is 0 Å². The molecule has 0 aliphatic heterocycles. The summed E-state index contributed by atoms with van der Waals surface area (Å²) in [5.41, 5.74) is 5.88. The largest absolute Gasteiger partial charge is 0.452 e. The Morgan fingerprint density at radius 1 is 1.29 bits per heavy atom. The van der Waals surface area contributed by atoms with Gasteiger partial charge >= 0.3 is 16.3 Å². The fourth-order valence-corrected chi connectivity index (χ4v) is 2.92. The van der Waals surface area contributed by atoms with Gasteiger partial charge in [-0.25, -0.2) is 9.52 Å². The quantitative estimate of drug-likeness (QED) is 0.614. The molecule has 8 heteroatoms. The smallest absolute Gasteiger partial charge is 0.421 e. The van der Waals surface area contributed by atoms with Crippen LogP contribution in [0.4, 0.5) is 4.79 Å². The van der Waals surface area contributed by atoms with Gasteiger partial charge in [0.05, 0.1) is 7.11 Å². The van der Waals surface area contributed by atoms with Gasteiger partial charge in [-0.05, 0) is 12.8 Å². The van der Waals surface area contributed by atoms with Crippen LogP contribution in [-0.4, -0.2) is 33.7 Å². The van der Waals surface area contributed by atoms with Crippen molar-refractivity contribution in [2.24, 2.45) is 5.73 Å². The van der Waals surface area contributed by atoms with Crippen molar-refractivity contribution in [1.82, 2.24) is 9.44 Å². The minimum atomic E-state index is -3.90. The van der Waals surface area contributed by atoms with Gasteiger partial charge in [0.2, 0.25) is 0 Å². The highest BCUT2D eigenvalue weighted by Gasteiger charge is 2.26. The summed E-state index contributed by atoms with van der Waals surface area (Å²) >= 11 is 0. The number of rotatable bonds is 3. The SMILES string of the molecule is COC(=O)NS(=O)(=O)NC1CCCCCC1N. The lowest BCUT2D eigenvalue weighted by molar-refractivity contribution is 0.177. The van der Waals surface area contributed by atoms with E-state index in [-0.39, 0.29) is 12.1 Å². The number of amides is 1. The standard InChI is InChI=1S/C9H19N3O4S/c1-16-9(13)12-17(14,15)11-8-6-4-2-3-5-7(8)10/h7-8,11H,2-6,10H2,1H3,(H,12,13).